The fourth-order valence-electron chi connectivity index (χ4n) is 4.92. The molecule has 0 heterocycles. The van der Waals surface area contributed by atoms with Crippen molar-refractivity contribution in [1.82, 2.24) is 5.32 Å². The van der Waals surface area contributed by atoms with Crippen LogP contribution in [0.5, 0.6) is 0 Å². The minimum absolute atomic E-state index is 0. The van der Waals surface area contributed by atoms with Gasteiger partial charge in [0.05, 0.1) is 6.04 Å². The van der Waals surface area contributed by atoms with Crippen LogP contribution in [0.4, 0.5) is 4.39 Å². The van der Waals surface area contributed by atoms with Crippen molar-refractivity contribution in [2.24, 2.45) is 23.5 Å². The summed E-state index contributed by atoms with van der Waals surface area (Å²) >= 11 is 0. The fraction of sp³-hybridized carbons (Fsp3) is 0.435. The molecule has 2 bridgehead atoms. The fourth-order valence-corrected chi connectivity index (χ4v) is 4.92. The number of carbonyl (C=O) groups excluding carboxylic acids is 1. The van der Waals surface area contributed by atoms with Gasteiger partial charge in [0.2, 0.25) is 5.91 Å². The Labute approximate surface area is 172 Å². The summed E-state index contributed by atoms with van der Waals surface area (Å²) in [5.74, 6) is 0.776. The highest BCUT2D eigenvalue weighted by atomic mass is 35.5. The van der Waals surface area contributed by atoms with Gasteiger partial charge in [-0.25, -0.2) is 4.39 Å². The molecule has 2 saturated carbocycles. The average molecular weight is 403 g/mol. The van der Waals surface area contributed by atoms with Gasteiger partial charge in [-0.05, 0) is 60.8 Å². The van der Waals surface area contributed by atoms with E-state index < -0.39 is 0 Å². The van der Waals surface area contributed by atoms with Crippen molar-refractivity contribution in [3.63, 3.8) is 0 Å². The molecule has 5 heteroatoms. The van der Waals surface area contributed by atoms with Gasteiger partial charge in [-0.2, -0.15) is 0 Å². The molecule has 0 aliphatic heterocycles. The van der Waals surface area contributed by atoms with Crippen LogP contribution >= 0.6 is 12.4 Å². The zero-order valence-electron chi connectivity index (χ0n) is 15.9. The normalized spacial score (nSPS) is 27.4. The molecule has 150 valence electrons. The monoisotopic (exact) mass is 402 g/mol. The molecule has 0 saturated heterocycles. The molecule has 2 aliphatic carbocycles. The molecule has 3 nitrogen and oxygen atoms in total. The number of hydrogen-bond acceptors (Lipinski definition) is 2. The molecule has 28 heavy (non-hydrogen) atoms. The van der Waals surface area contributed by atoms with Crippen LogP contribution in [-0.2, 0) is 4.79 Å². The lowest BCUT2D eigenvalue weighted by molar-refractivity contribution is -0.128. The second-order valence-electron chi connectivity index (χ2n) is 8.10. The van der Waals surface area contributed by atoms with Gasteiger partial charge in [-0.15, -0.1) is 12.4 Å². The number of hydrogen-bond donors (Lipinski definition) is 2. The van der Waals surface area contributed by atoms with E-state index in [4.69, 9.17) is 5.73 Å². The molecule has 2 fully saturated rings. The summed E-state index contributed by atoms with van der Waals surface area (Å²) in [7, 11) is 0. The molecule has 0 spiro atoms. The van der Waals surface area contributed by atoms with E-state index in [1.54, 1.807) is 12.1 Å². The van der Waals surface area contributed by atoms with Crippen molar-refractivity contribution < 1.29 is 9.18 Å². The van der Waals surface area contributed by atoms with Crippen molar-refractivity contribution in [3.05, 3.63) is 71.5 Å². The minimum Gasteiger partial charge on any atom is -0.345 e. The first kappa shape index (κ1) is 20.8. The third kappa shape index (κ3) is 4.39. The quantitative estimate of drug-likeness (QED) is 0.784. The average Bonchev–Trinajstić information content (AvgIpc) is 2.67. The SMILES string of the molecule is Cl.NC1C2CCCC1CC(C(=O)NC(c1ccccc1)c1ccc(F)cc1)C2. The van der Waals surface area contributed by atoms with Crippen LogP contribution in [0.3, 0.4) is 0 Å². The molecule has 1 amide bonds. The Kier molecular flexibility index (Phi) is 6.73. The molecule has 4 rings (SSSR count). The largest absolute Gasteiger partial charge is 0.345 e. The Morgan fingerprint density at radius 3 is 2.14 bits per heavy atom. The summed E-state index contributed by atoms with van der Waals surface area (Å²) in [6.45, 7) is 0. The summed E-state index contributed by atoms with van der Waals surface area (Å²) in [5.41, 5.74) is 8.27. The maximum absolute atomic E-state index is 13.4. The number of nitrogens with two attached hydrogens (primary N) is 1. The van der Waals surface area contributed by atoms with Gasteiger partial charge in [-0.3, -0.25) is 4.79 Å². The van der Waals surface area contributed by atoms with Crippen molar-refractivity contribution in [3.8, 4) is 0 Å². The highest BCUT2D eigenvalue weighted by Crippen LogP contribution is 2.42. The zero-order chi connectivity index (χ0) is 18.8. The second kappa shape index (κ2) is 9.06. The van der Waals surface area contributed by atoms with Crippen LogP contribution in [0, 0.1) is 23.6 Å². The Bertz CT molecular complexity index is 769. The molecule has 0 aromatic heterocycles. The van der Waals surface area contributed by atoms with Gasteiger partial charge in [0.25, 0.3) is 0 Å². The van der Waals surface area contributed by atoms with E-state index in [-0.39, 0.29) is 42.1 Å². The molecular weight excluding hydrogens is 375 g/mol. The van der Waals surface area contributed by atoms with Gasteiger partial charge in [0, 0.05) is 12.0 Å². The van der Waals surface area contributed by atoms with Crippen molar-refractivity contribution >= 4 is 18.3 Å². The van der Waals surface area contributed by atoms with E-state index in [2.05, 4.69) is 5.32 Å². The second-order valence-corrected chi connectivity index (χ2v) is 8.10. The van der Waals surface area contributed by atoms with Crippen LogP contribution in [0.1, 0.15) is 49.3 Å². The highest BCUT2D eigenvalue weighted by molar-refractivity contribution is 5.85. The molecular formula is C23H28ClFN2O. The Morgan fingerprint density at radius 1 is 0.964 bits per heavy atom. The van der Waals surface area contributed by atoms with E-state index in [0.29, 0.717) is 11.8 Å². The number of nitrogens with one attached hydrogen (secondary N) is 1. The van der Waals surface area contributed by atoms with Crippen LogP contribution < -0.4 is 11.1 Å². The van der Waals surface area contributed by atoms with Gasteiger partial charge in [0.15, 0.2) is 0 Å². The lowest BCUT2D eigenvalue weighted by atomic mass is 9.65. The van der Waals surface area contributed by atoms with E-state index in [0.717, 1.165) is 36.8 Å². The third-order valence-electron chi connectivity index (χ3n) is 6.41. The number of benzene rings is 2. The summed E-state index contributed by atoms with van der Waals surface area (Å²) in [4.78, 5) is 13.1. The van der Waals surface area contributed by atoms with Crippen LogP contribution in [0.2, 0.25) is 0 Å². The maximum atomic E-state index is 13.4. The Hall–Kier alpha value is -1.91. The molecule has 3 unspecified atom stereocenters. The first-order valence-electron chi connectivity index (χ1n) is 9.98. The molecule has 0 radical (unpaired) electrons. The van der Waals surface area contributed by atoms with E-state index in [1.807, 2.05) is 30.3 Å². The summed E-state index contributed by atoms with van der Waals surface area (Å²) < 4.78 is 13.4. The summed E-state index contributed by atoms with van der Waals surface area (Å²) in [6, 6.07) is 16.3. The lowest BCUT2D eigenvalue weighted by Gasteiger charge is -2.43. The van der Waals surface area contributed by atoms with Crippen LogP contribution in [0.25, 0.3) is 0 Å². The molecule has 2 aliphatic rings. The number of fused-ring (bicyclic) bond motifs is 2. The van der Waals surface area contributed by atoms with Crippen LogP contribution in [0.15, 0.2) is 54.6 Å². The van der Waals surface area contributed by atoms with Gasteiger partial charge < -0.3 is 11.1 Å². The third-order valence-corrected chi connectivity index (χ3v) is 6.41. The molecule has 3 atom stereocenters. The minimum atomic E-state index is -0.272. The smallest absolute Gasteiger partial charge is 0.223 e. The number of amides is 1. The number of halogens is 2. The van der Waals surface area contributed by atoms with Crippen molar-refractivity contribution in [2.45, 2.75) is 44.2 Å². The maximum Gasteiger partial charge on any atom is 0.223 e. The summed E-state index contributed by atoms with van der Waals surface area (Å²) in [6.07, 6.45) is 5.28. The highest BCUT2D eigenvalue weighted by Gasteiger charge is 2.40. The Balaban J connectivity index is 0.00000225. The van der Waals surface area contributed by atoms with Crippen LogP contribution in [-0.4, -0.2) is 11.9 Å². The summed E-state index contributed by atoms with van der Waals surface area (Å²) in [5, 5.41) is 3.24. The first-order valence-corrected chi connectivity index (χ1v) is 9.98. The molecule has 2 aromatic rings. The van der Waals surface area contributed by atoms with E-state index >= 15 is 0 Å². The zero-order valence-corrected chi connectivity index (χ0v) is 16.7. The van der Waals surface area contributed by atoms with E-state index in [1.165, 1.54) is 18.6 Å². The predicted molar refractivity (Wildman–Crippen MR) is 112 cm³/mol. The number of rotatable bonds is 4. The van der Waals surface area contributed by atoms with Gasteiger partial charge >= 0.3 is 0 Å². The Morgan fingerprint density at radius 2 is 1.54 bits per heavy atom. The number of carbonyl (C=O) groups is 1. The van der Waals surface area contributed by atoms with Gasteiger partial charge in [-0.1, -0.05) is 48.9 Å². The molecule has 2 aromatic carbocycles. The first-order chi connectivity index (χ1) is 13.1. The lowest BCUT2D eigenvalue weighted by Crippen LogP contribution is -2.49. The predicted octanol–water partition coefficient (Wildman–Crippen LogP) is 4.61. The topological polar surface area (TPSA) is 55.1 Å². The standard InChI is InChI=1S/C23H27FN2O.ClH/c24-20-11-9-16(10-12-20)22(15-5-2-1-3-6-15)26-23(27)19-13-17-7-4-8-18(14-19)21(17)25;/h1-3,5-6,9-12,17-19,21-22H,4,7-8,13-14,25H2,(H,26,27);1H. The molecule has 3 N–H and O–H groups in total. The van der Waals surface area contributed by atoms with Crippen molar-refractivity contribution in [1.29, 1.82) is 0 Å². The van der Waals surface area contributed by atoms with Gasteiger partial charge in [0.1, 0.15) is 5.82 Å². The van der Waals surface area contributed by atoms with Crippen molar-refractivity contribution in [2.75, 3.05) is 0 Å². The van der Waals surface area contributed by atoms with E-state index in [9.17, 15) is 9.18 Å².